The molecular weight excluding hydrogens is 388 g/mol. The summed E-state index contributed by atoms with van der Waals surface area (Å²) in [6, 6.07) is 16.3. The smallest absolute Gasteiger partial charge is 0.194 e. The molecule has 28 heavy (non-hydrogen) atoms. The zero-order valence-corrected chi connectivity index (χ0v) is 16.7. The Labute approximate surface area is 171 Å². The van der Waals surface area contributed by atoms with Crippen LogP contribution >= 0.6 is 22.9 Å². The number of rotatable bonds is 6. The summed E-state index contributed by atoms with van der Waals surface area (Å²) in [5.74, 6) is 0. The maximum absolute atomic E-state index is 6.05. The average Bonchev–Trinajstić information content (AvgIpc) is 3.41. The lowest BCUT2D eigenvalue weighted by Crippen LogP contribution is -2.18. The van der Waals surface area contributed by atoms with E-state index in [4.69, 9.17) is 16.6 Å². The highest BCUT2D eigenvalue weighted by atomic mass is 35.5. The molecule has 0 radical (unpaired) electrons. The number of nitrogens with zero attached hydrogens (tertiary/aromatic N) is 2. The monoisotopic (exact) mass is 406 g/mol. The number of hydrogen-bond donors (Lipinski definition) is 2. The second kappa shape index (κ2) is 7.43. The van der Waals surface area contributed by atoms with Gasteiger partial charge in [0, 0.05) is 45.8 Å². The Balaban J connectivity index is 1.34. The Hall–Kier alpha value is -2.60. The summed E-state index contributed by atoms with van der Waals surface area (Å²) in [7, 11) is 0. The van der Waals surface area contributed by atoms with Crippen molar-refractivity contribution in [3.8, 4) is 11.3 Å². The highest BCUT2D eigenvalue weighted by Gasteiger charge is 2.14. The molecule has 3 aromatic heterocycles. The standard InChI is InChI=1S/C22H19ClN4S/c23-17-7-5-15(6-8-17)21-20(27-11-12-28-22(27)26-21)14-24-10-9-16-13-25-19-4-2-1-3-18(16)19/h1-8,11-13,24-25H,9-10,14H2. The van der Waals surface area contributed by atoms with Gasteiger partial charge in [-0.2, -0.15) is 0 Å². The van der Waals surface area contributed by atoms with Crippen molar-refractivity contribution in [3.63, 3.8) is 0 Å². The molecule has 0 atom stereocenters. The lowest BCUT2D eigenvalue weighted by molar-refractivity contribution is 0.674. The third kappa shape index (κ3) is 3.22. The van der Waals surface area contributed by atoms with Crippen LogP contribution in [0.25, 0.3) is 27.1 Å². The van der Waals surface area contributed by atoms with E-state index in [0.717, 1.165) is 40.8 Å². The summed E-state index contributed by atoms with van der Waals surface area (Å²) in [6.07, 6.45) is 5.18. The molecule has 0 bridgehead atoms. The minimum absolute atomic E-state index is 0.739. The minimum Gasteiger partial charge on any atom is -0.361 e. The number of nitrogens with one attached hydrogen (secondary N) is 2. The normalized spacial score (nSPS) is 11.6. The summed E-state index contributed by atoms with van der Waals surface area (Å²) in [6.45, 7) is 1.66. The van der Waals surface area contributed by atoms with Crippen LogP contribution in [0.2, 0.25) is 5.02 Å². The largest absolute Gasteiger partial charge is 0.361 e. The van der Waals surface area contributed by atoms with Crippen molar-refractivity contribution in [2.24, 2.45) is 0 Å². The van der Waals surface area contributed by atoms with Crippen molar-refractivity contribution in [1.29, 1.82) is 0 Å². The van der Waals surface area contributed by atoms with Crippen LogP contribution in [0.5, 0.6) is 0 Å². The Morgan fingerprint density at radius 3 is 2.86 bits per heavy atom. The molecule has 6 heteroatoms. The fourth-order valence-electron chi connectivity index (χ4n) is 3.61. The molecule has 0 fully saturated rings. The predicted octanol–water partition coefficient (Wildman–Crippen LogP) is 5.53. The van der Waals surface area contributed by atoms with E-state index in [-0.39, 0.29) is 0 Å². The van der Waals surface area contributed by atoms with E-state index in [2.05, 4.69) is 56.7 Å². The van der Waals surface area contributed by atoms with Crippen molar-refractivity contribution in [2.45, 2.75) is 13.0 Å². The van der Waals surface area contributed by atoms with Crippen molar-refractivity contribution in [1.82, 2.24) is 19.7 Å². The summed E-state index contributed by atoms with van der Waals surface area (Å²) >= 11 is 7.70. The molecule has 0 spiro atoms. The third-order valence-electron chi connectivity index (χ3n) is 5.02. The lowest BCUT2D eigenvalue weighted by atomic mass is 10.1. The van der Waals surface area contributed by atoms with Crippen LogP contribution in [-0.2, 0) is 13.0 Å². The number of aromatic amines is 1. The highest BCUT2D eigenvalue weighted by molar-refractivity contribution is 7.15. The molecule has 0 saturated heterocycles. The van der Waals surface area contributed by atoms with Gasteiger partial charge < -0.3 is 10.3 Å². The van der Waals surface area contributed by atoms with Gasteiger partial charge in [-0.25, -0.2) is 4.98 Å². The van der Waals surface area contributed by atoms with E-state index in [0.29, 0.717) is 0 Å². The minimum atomic E-state index is 0.739. The first-order valence-corrected chi connectivity index (χ1v) is 10.5. The zero-order chi connectivity index (χ0) is 18.9. The average molecular weight is 407 g/mol. The van der Waals surface area contributed by atoms with E-state index in [1.165, 1.54) is 22.2 Å². The van der Waals surface area contributed by atoms with Gasteiger partial charge in [-0.05, 0) is 36.7 Å². The Morgan fingerprint density at radius 1 is 1.11 bits per heavy atom. The third-order valence-corrected chi connectivity index (χ3v) is 6.03. The molecule has 2 N–H and O–H groups in total. The van der Waals surface area contributed by atoms with E-state index in [9.17, 15) is 0 Å². The summed E-state index contributed by atoms with van der Waals surface area (Å²) in [5, 5.41) is 7.71. The van der Waals surface area contributed by atoms with E-state index in [1.807, 2.05) is 24.3 Å². The second-order valence-corrected chi connectivity index (χ2v) is 8.07. The van der Waals surface area contributed by atoms with Crippen LogP contribution in [0, 0.1) is 0 Å². The number of H-pyrrole nitrogens is 1. The Bertz CT molecular complexity index is 1230. The van der Waals surface area contributed by atoms with Crippen LogP contribution in [-0.4, -0.2) is 20.9 Å². The fourth-order valence-corrected chi connectivity index (χ4v) is 4.47. The number of aromatic nitrogens is 3. The maximum Gasteiger partial charge on any atom is 0.194 e. The second-order valence-electron chi connectivity index (χ2n) is 6.76. The summed E-state index contributed by atoms with van der Waals surface area (Å²) < 4.78 is 2.17. The molecule has 5 aromatic rings. The molecule has 0 unspecified atom stereocenters. The van der Waals surface area contributed by atoms with E-state index in [1.54, 1.807) is 11.3 Å². The van der Waals surface area contributed by atoms with Gasteiger partial charge in [-0.1, -0.05) is 41.9 Å². The molecule has 3 heterocycles. The first-order valence-electron chi connectivity index (χ1n) is 9.26. The molecule has 4 nitrogen and oxygen atoms in total. The maximum atomic E-state index is 6.05. The Morgan fingerprint density at radius 2 is 1.96 bits per heavy atom. The van der Waals surface area contributed by atoms with E-state index >= 15 is 0 Å². The quantitative estimate of drug-likeness (QED) is 0.364. The molecule has 140 valence electrons. The highest BCUT2D eigenvalue weighted by Crippen LogP contribution is 2.27. The van der Waals surface area contributed by atoms with Crippen LogP contribution in [0.1, 0.15) is 11.3 Å². The van der Waals surface area contributed by atoms with Gasteiger partial charge in [0.25, 0.3) is 0 Å². The first kappa shape index (κ1) is 17.5. The summed E-state index contributed by atoms with van der Waals surface area (Å²) in [5.41, 5.74) is 5.82. The van der Waals surface area contributed by atoms with Gasteiger partial charge >= 0.3 is 0 Å². The number of imidazole rings is 1. The molecule has 0 aliphatic heterocycles. The van der Waals surface area contributed by atoms with E-state index < -0.39 is 0 Å². The van der Waals surface area contributed by atoms with Gasteiger partial charge in [0.15, 0.2) is 4.96 Å². The lowest BCUT2D eigenvalue weighted by Gasteiger charge is -2.07. The summed E-state index contributed by atoms with van der Waals surface area (Å²) in [4.78, 5) is 9.20. The zero-order valence-electron chi connectivity index (χ0n) is 15.2. The number of hydrogen-bond acceptors (Lipinski definition) is 3. The predicted molar refractivity (Wildman–Crippen MR) is 117 cm³/mol. The van der Waals surface area contributed by atoms with Gasteiger partial charge in [0.2, 0.25) is 0 Å². The number of fused-ring (bicyclic) bond motifs is 2. The number of benzene rings is 2. The Kier molecular flexibility index (Phi) is 4.64. The number of thiazole rings is 1. The van der Waals surface area contributed by atoms with Gasteiger partial charge in [-0.15, -0.1) is 11.3 Å². The first-order chi connectivity index (χ1) is 13.8. The van der Waals surface area contributed by atoms with Crippen molar-refractivity contribution in [2.75, 3.05) is 6.54 Å². The van der Waals surface area contributed by atoms with Crippen LogP contribution in [0.4, 0.5) is 0 Å². The van der Waals surface area contributed by atoms with Crippen LogP contribution in [0.15, 0.2) is 66.3 Å². The topological polar surface area (TPSA) is 45.1 Å². The fraction of sp³-hybridized carbons (Fsp3) is 0.136. The van der Waals surface area contributed by atoms with Crippen molar-refractivity contribution < 1.29 is 0 Å². The molecule has 0 amide bonds. The number of para-hydroxylation sites is 1. The molecule has 2 aromatic carbocycles. The molecular formula is C22H19ClN4S. The molecule has 0 aliphatic carbocycles. The SMILES string of the molecule is Clc1ccc(-c2nc3sccn3c2CNCCc2c[nH]c3ccccc23)cc1. The van der Waals surface area contributed by atoms with Crippen molar-refractivity contribution >= 4 is 38.8 Å². The van der Waals surface area contributed by atoms with Crippen LogP contribution in [0.3, 0.4) is 0 Å². The molecule has 0 saturated carbocycles. The van der Waals surface area contributed by atoms with Crippen molar-refractivity contribution in [3.05, 3.63) is 82.6 Å². The number of halogens is 1. The molecule has 0 aliphatic rings. The van der Waals surface area contributed by atoms with Gasteiger partial charge in [0.05, 0.1) is 11.4 Å². The molecule has 5 rings (SSSR count). The van der Waals surface area contributed by atoms with Crippen LogP contribution < -0.4 is 5.32 Å². The van der Waals surface area contributed by atoms with Gasteiger partial charge in [-0.3, -0.25) is 4.40 Å². The van der Waals surface area contributed by atoms with Gasteiger partial charge in [0.1, 0.15) is 0 Å².